The van der Waals surface area contributed by atoms with Crippen molar-refractivity contribution in [3.05, 3.63) is 24.7 Å². The fourth-order valence-corrected chi connectivity index (χ4v) is 1.31. The number of imidazole rings is 1. The molecule has 0 spiro atoms. The van der Waals surface area contributed by atoms with Gasteiger partial charge < -0.3 is 15.0 Å². The highest BCUT2D eigenvalue weighted by atomic mass is 16.5. The largest absolute Gasteiger partial charge is 0.481 e. The van der Waals surface area contributed by atoms with Crippen LogP contribution in [0.1, 0.15) is 0 Å². The van der Waals surface area contributed by atoms with Crippen molar-refractivity contribution >= 4 is 5.69 Å². The second-order valence-electron chi connectivity index (χ2n) is 3.25. The quantitative estimate of drug-likeness (QED) is 0.794. The van der Waals surface area contributed by atoms with Crippen molar-refractivity contribution < 1.29 is 4.74 Å². The van der Waals surface area contributed by atoms with Crippen LogP contribution < -0.4 is 10.5 Å². The molecule has 2 aromatic rings. The molecule has 0 saturated heterocycles. The molecule has 0 aliphatic carbocycles. The number of anilines is 1. The van der Waals surface area contributed by atoms with Gasteiger partial charge in [-0.1, -0.05) is 0 Å². The number of ether oxygens (including phenoxy) is 1. The van der Waals surface area contributed by atoms with E-state index in [2.05, 4.69) is 9.97 Å². The lowest BCUT2D eigenvalue weighted by Crippen LogP contribution is -1.94. The third kappa shape index (κ3) is 1.90. The molecule has 0 amide bonds. The van der Waals surface area contributed by atoms with Crippen LogP contribution in [-0.4, -0.2) is 21.6 Å². The summed E-state index contributed by atoms with van der Waals surface area (Å²) in [6.45, 7) is 0. The molecule has 2 heterocycles. The maximum absolute atomic E-state index is 5.72. The zero-order valence-electron chi connectivity index (χ0n) is 8.64. The van der Waals surface area contributed by atoms with Crippen molar-refractivity contribution in [1.82, 2.24) is 14.5 Å². The maximum atomic E-state index is 5.72. The van der Waals surface area contributed by atoms with E-state index in [0.29, 0.717) is 17.3 Å². The standard InChI is InChI=1S/C10H12N4O/c1-14-5-9(12-6-14)8-3-7(11)4-10(13-8)15-2/h3-6H,1-2H3,(H2,11,13). The van der Waals surface area contributed by atoms with Crippen molar-refractivity contribution in [1.29, 1.82) is 0 Å². The molecule has 0 bridgehead atoms. The van der Waals surface area contributed by atoms with Crippen LogP contribution in [0, 0.1) is 0 Å². The van der Waals surface area contributed by atoms with E-state index < -0.39 is 0 Å². The van der Waals surface area contributed by atoms with Gasteiger partial charge in [-0.25, -0.2) is 9.97 Å². The van der Waals surface area contributed by atoms with Gasteiger partial charge in [-0.05, 0) is 6.07 Å². The predicted molar refractivity (Wildman–Crippen MR) is 57.4 cm³/mol. The monoisotopic (exact) mass is 204 g/mol. The van der Waals surface area contributed by atoms with Gasteiger partial charge in [0.25, 0.3) is 0 Å². The Labute approximate surface area is 87.5 Å². The molecule has 5 nitrogen and oxygen atoms in total. The highest BCUT2D eigenvalue weighted by Crippen LogP contribution is 2.21. The Kier molecular flexibility index (Phi) is 2.29. The van der Waals surface area contributed by atoms with Gasteiger partial charge >= 0.3 is 0 Å². The molecule has 0 aromatic carbocycles. The zero-order valence-corrected chi connectivity index (χ0v) is 8.64. The van der Waals surface area contributed by atoms with Crippen LogP contribution in [0.15, 0.2) is 24.7 Å². The number of methoxy groups -OCH3 is 1. The van der Waals surface area contributed by atoms with Crippen LogP contribution in [-0.2, 0) is 7.05 Å². The van der Waals surface area contributed by atoms with Crippen molar-refractivity contribution in [3.63, 3.8) is 0 Å². The molecule has 2 rings (SSSR count). The molecule has 2 N–H and O–H groups in total. The minimum atomic E-state index is 0.496. The Hall–Kier alpha value is -2.04. The van der Waals surface area contributed by atoms with Crippen LogP contribution >= 0.6 is 0 Å². The third-order valence-electron chi connectivity index (χ3n) is 2.00. The first-order chi connectivity index (χ1) is 7.19. The third-order valence-corrected chi connectivity index (χ3v) is 2.00. The Bertz CT molecular complexity index is 478. The predicted octanol–water partition coefficient (Wildman–Crippen LogP) is 1.07. The molecule has 0 unspecified atom stereocenters. The first kappa shape index (κ1) is 9.51. The highest BCUT2D eigenvalue weighted by Gasteiger charge is 2.05. The lowest BCUT2D eigenvalue weighted by Gasteiger charge is -2.02. The number of nitrogens with zero attached hydrogens (tertiary/aromatic N) is 3. The van der Waals surface area contributed by atoms with Gasteiger partial charge in [-0.2, -0.15) is 0 Å². The van der Waals surface area contributed by atoms with E-state index in [1.54, 1.807) is 25.6 Å². The fourth-order valence-electron chi connectivity index (χ4n) is 1.31. The SMILES string of the molecule is COc1cc(N)cc(-c2cn(C)cn2)n1. The average molecular weight is 204 g/mol. The van der Waals surface area contributed by atoms with Crippen LogP contribution in [0.25, 0.3) is 11.4 Å². The summed E-state index contributed by atoms with van der Waals surface area (Å²) in [4.78, 5) is 8.45. The lowest BCUT2D eigenvalue weighted by atomic mass is 10.2. The Morgan fingerprint density at radius 2 is 2.13 bits per heavy atom. The Morgan fingerprint density at radius 3 is 2.73 bits per heavy atom. The van der Waals surface area contributed by atoms with Crippen LogP contribution in [0.3, 0.4) is 0 Å². The summed E-state index contributed by atoms with van der Waals surface area (Å²) in [6.07, 6.45) is 3.59. The summed E-state index contributed by atoms with van der Waals surface area (Å²) in [5, 5.41) is 0. The number of hydrogen-bond acceptors (Lipinski definition) is 4. The molecular weight excluding hydrogens is 192 g/mol. The molecule has 2 aromatic heterocycles. The van der Waals surface area contributed by atoms with Gasteiger partial charge in [0.05, 0.1) is 19.1 Å². The van der Waals surface area contributed by atoms with Crippen molar-refractivity contribution in [2.24, 2.45) is 7.05 Å². The lowest BCUT2D eigenvalue weighted by molar-refractivity contribution is 0.398. The van der Waals surface area contributed by atoms with E-state index in [4.69, 9.17) is 10.5 Å². The maximum Gasteiger partial charge on any atom is 0.215 e. The van der Waals surface area contributed by atoms with Crippen LogP contribution in [0.5, 0.6) is 5.88 Å². The number of nitrogen functional groups attached to an aromatic ring is 1. The summed E-state index contributed by atoms with van der Waals surface area (Å²) < 4.78 is 6.89. The summed E-state index contributed by atoms with van der Waals surface area (Å²) in [5.41, 5.74) is 7.83. The molecule has 0 radical (unpaired) electrons. The Balaban J connectivity index is 2.48. The topological polar surface area (TPSA) is 66.0 Å². The number of rotatable bonds is 2. The van der Waals surface area contributed by atoms with Gasteiger partial charge in [0.1, 0.15) is 5.69 Å². The molecule has 5 heteroatoms. The van der Waals surface area contributed by atoms with E-state index in [0.717, 1.165) is 5.69 Å². The molecule has 0 atom stereocenters. The summed E-state index contributed by atoms with van der Waals surface area (Å²) in [7, 11) is 3.46. The Morgan fingerprint density at radius 1 is 1.33 bits per heavy atom. The minimum Gasteiger partial charge on any atom is -0.481 e. The minimum absolute atomic E-state index is 0.496. The molecule has 0 saturated carbocycles. The van der Waals surface area contributed by atoms with Gasteiger partial charge in [-0.15, -0.1) is 0 Å². The second-order valence-corrected chi connectivity index (χ2v) is 3.25. The molecular formula is C10H12N4O. The zero-order chi connectivity index (χ0) is 10.8. The molecule has 0 aliphatic rings. The average Bonchev–Trinajstić information content (AvgIpc) is 2.64. The summed E-state index contributed by atoms with van der Waals surface area (Å²) in [6, 6.07) is 3.44. The van der Waals surface area contributed by atoms with Crippen LogP contribution in [0.2, 0.25) is 0 Å². The molecule has 0 fully saturated rings. The number of aromatic nitrogens is 3. The van der Waals surface area contributed by atoms with Gasteiger partial charge in [-0.3, -0.25) is 0 Å². The van der Waals surface area contributed by atoms with Gasteiger partial charge in [0.15, 0.2) is 0 Å². The first-order valence-electron chi connectivity index (χ1n) is 4.49. The molecule has 78 valence electrons. The van der Waals surface area contributed by atoms with Crippen molar-refractivity contribution in [2.45, 2.75) is 0 Å². The summed E-state index contributed by atoms with van der Waals surface area (Å²) >= 11 is 0. The molecule has 0 aliphatic heterocycles. The molecule has 15 heavy (non-hydrogen) atoms. The van der Waals surface area contributed by atoms with E-state index in [-0.39, 0.29) is 0 Å². The smallest absolute Gasteiger partial charge is 0.215 e. The number of aryl methyl sites for hydroxylation is 1. The second kappa shape index (κ2) is 3.61. The fraction of sp³-hybridized carbons (Fsp3) is 0.200. The van der Waals surface area contributed by atoms with E-state index >= 15 is 0 Å². The highest BCUT2D eigenvalue weighted by molar-refractivity contribution is 5.60. The van der Waals surface area contributed by atoms with E-state index in [1.807, 2.05) is 17.8 Å². The summed E-state index contributed by atoms with van der Waals surface area (Å²) in [5.74, 6) is 0.496. The number of hydrogen-bond donors (Lipinski definition) is 1. The van der Waals surface area contributed by atoms with E-state index in [1.165, 1.54) is 0 Å². The number of nitrogens with two attached hydrogens (primary N) is 1. The van der Waals surface area contributed by atoms with E-state index in [9.17, 15) is 0 Å². The van der Waals surface area contributed by atoms with Crippen molar-refractivity contribution in [3.8, 4) is 17.3 Å². The first-order valence-corrected chi connectivity index (χ1v) is 4.49. The van der Waals surface area contributed by atoms with Crippen LogP contribution in [0.4, 0.5) is 5.69 Å². The van der Waals surface area contributed by atoms with Gasteiger partial charge in [0, 0.05) is 25.0 Å². The van der Waals surface area contributed by atoms with Gasteiger partial charge in [0.2, 0.25) is 5.88 Å². The normalized spacial score (nSPS) is 10.3. The van der Waals surface area contributed by atoms with Crippen molar-refractivity contribution in [2.75, 3.05) is 12.8 Å². The number of pyridine rings is 1.